The number of rotatable bonds is 3. The molecule has 2 aliphatic heterocycles. The van der Waals surface area contributed by atoms with E-state index in [4.69, 9.17) is 5.73 Å². The standard InChI is InChI=1S/C12H23N3O/c13-9-12(16)15-8-4-5-11(15)10-14-6-2-1-3-7-14/h11H,1-10,13H2. The highest BCUT2D eigenvalue weighted by Crippen LogP contribution is 2.20. The lowest BCUT2D eigenvalue weighted by atomic mass is 10.1. The number of piperidine rings is 1. The Hall–Kier alpha value is -0.610. The van der Waals surface area contributed by atoms with E-state index in [0.717, 1.165) is 25.9 Å². The van der Waals surface area contributed by atoms with E-state index < -0.39 is 0 Å². The molecule has 16 heavy (non-hydrogen) atoms. The molecule has 1 amide bonds. The van der Waals surface area contributed by atoms with Gasteiger partial charge in [0.1, 0.15) is 0 Å². The number of likely N-dealkylation sites (tertiary alicyclic amines) is 2. The monoisotopic (exact) mass is 225 g/mol. The molecule has 1 unspecified atom stereocenters. The van der Waals surface area contributed by atoms with E-state index in [0.29, 0.717) is 6.04 Å². The van der Waals surface area contributed by atoms with Crippen molar-refractivity contribution >= 4 is 5.91 Å². The van der Waals surface area contributed by atoms with Gasteiger partial charge in [0.15, 0.2) is 0 Å². The Morgan fingerprint density at radius 2 is 1.88 bits per heavy atom. The van der Waals surface area contributed by atoms with Crippen LogP contribution in [0.25, 0.3) is 0 Å². The third-order valence-electron chi connectivity index (χ3n) is 3.79. The molecule has 0 aromatic carbocycles. The van der Waals surface area contributed by atoms with Crippen molar-refractivity contribution in [3.05, 3.63) is 0 Å². The summed E-state index contributed by atoms with van der Waals surface area (Å²) in [6.07, 6.45) is 6.30. The molecule has 2 N–H and O–H groups in total. The first kappa shape index (κ1) is 11.9. The fourth-order valence-electron chi connectivity index (χ4n) is 2.91. The van der Waals surface area contributed by atoms with Crippen LogP contribution in [0.5, 0.6) is 0 Å². The maximum atomic E-state index is 11.6. The lowest BCUT2D eigenvalue weighted by Gasteiger charge is -2.32. The molecule has 0 radical (unpaired) electrons. The number of hydrogen-bond acceptors (Lipinski definition) is 3. The first-order valence-corrected chi connectivity index (χ1v) is 6.53. The van der Waals surface area contributed by atoms with Crippen molar-refractivity contribution in [3.63, 3.8) is 0 Å². The Morgan fingerprint density at radius 3 is 2.56 bits per heavy atom. The van der Waals surface area contributed by atoms with Crippen LogP contribution in [0, 0.1) is 0 Å². The van der Waals surface area contributed by atoms with Gasteiger partial charge in [0.05, 0.1) is 6.54 Å². The predicted molar refractivity (Wildman–Crippen MR) is 64.1 cm³/mol. The molecule has 0 aromatic rings. The molecule has 1 atom stereocenters. The van der Waals surface area contributed by atoms with E-state index in [1.54, 1.807) is 0 Å². The van der Waals surface area contributed by atoms with Crippen LogP contribution >= 0.6 is 0 Å². The molecule has 0 aromatic heterocycles. The quantitative estimate of drug-likeness (QED) is 0.757. The fraction of sp³-hybridized carbons (Fsp3) is 0.917. The van der Waals surface area contributed by atoms with E-state index in [-0.39, 0.29) is 12.5 Å². The Balaban J connectivity index is 1.85. The summed E-state index contributed by atoms with van der Waals surface area (Å²) in [6.45, 7) is 4.55. The molecule has 0 spiro atoms. The first-order valence-electron chi connectivity index (χ1n) is 6.53. The summed E-state index contributed by atoms with van der Waals surface area (Å²) < 4.78 is 0. The van der Waals surface area contributed by atoms with Crippen LogP contribution < -0.4 is 5.73 Å². The van der Waals surface area contributed by atoms with Crippen molar-refractivity contribution in [3.8, 4) is 0 Å². The third kappa shape index (κ3) is 2.74. The minimum atomic E-state index is 0.125. The van der Waals surface area contributed by atoms with Crippen LogP contribution in [0.2, 0.25) is 0 Å². The van der Waals surface area contributed by atoms with Crippen LogP contribution in [0.3, 0.4) is 0 Å². The van der Waals surface area contributed by atoms with Gasteiger partial charge in [-0.15, -0.1) is 0 Å². The minimum Gasteiger partial charge on any atom is -0.337 e. The smallest absolute Gasteiger partial charge is 0.236 e. The molecule has 2 heterocycles. The Morgan fingerprint density at radius 1 is 1.12 bits per heavy atom. The summed E-state index contributed by atoms with van der Waals surface area (Å²) in [5.41, 5.74) is 5.44. The van der Waals surface area contributed by atoms with Crippen molar-refractivity contribution in [2.24, 2.45) is 5.73 Å². The number of carbonyl (C=O) groups excluding carboxylic acids is 1. The zero-order valence-corrected chi connectivity index (χ0v) is 10.0. The third-order valence-corrected chi connectivity index (χ3v) is 3.79. The molecule has 2 saturated heterocycles. The predicted octanol–water partition coefficient (Wildman–Crippen LogP) is 0.422. The largest absolute Gasteiger partial charge is 0.337 e. The number of nitrogens with two attached hydrogens (primary N) is 1. The Bertz CT molecular complexity index is 238. The summed E-state index contributed by atoms with van der Waals surface area (Å²) in [5.74, 6) is 0.125. The van der Waals surface area contributed by atoms with Crippen LogP contribution in [0.15, 0.2) is 0 Å². The second-order valence-electron chi connectivity index (χ2n) is 4.95. The second-order valence-corrected chi connectivity index (χ2v) is 4.95. The number of hydrogen-bond donors (Lipinski definition) is 1. The van der Waals surface area contributed by atoms with Crippen LogP contribution in [-0.4, -0.2) is 54.5 Å². The molecule has 0 saturated carbocycles. The van der Waals surface area contributed by atoms with Crippen molar-refractivity contribution in [1.82, 2.24) is 9.80 Å². The number of carbonyl (C=O) groups is 1. The van der Waals surface area contributed by atoms with Gasteiger partial charge in [-0.3, -0.25) is 4.79 Å². The molecular formula is C12H23N3O. The van der Waals surface area contributed by atoms with E-state index in [2.05, 4.69) is 4.90 Å². The van der Waals surface area contributed by atoms with Gasteiger partial charge in [0.2, 0.25) is 5.91 Å². The first-order chi connectivity index (χ1) is 7.81. The molecule has 4 nitrogen and oxygen atoms in total. The second kappa shape index (κ2) is 5.64. The summed E-state index contributed by atoms with van der Waals surface area (Å²) in [7, 11) is 0. The zero-order chi connectivity index (χ0) is 11.4. The van der Waals surface area contributed by atoms with Crippen LogP contribution in [0.1, 0.15) is 32.1 Å². The van der Waals surface area contributed by atoms with Gasteiger partial charge < -0.3 is 15.5 Å². The SMILES string of the molecule is NCC(=O)N1CCCC1CN1CCCCC1. The van der Waals surface area contributed by atoms with Crippen molar-refractivity contribution in [1.29, 1.82) is 0 Å². The minimum absolute atomic E-state index is 0.125. The number of amides is 1. The van der Waals surface area contributed by atoms with Gasteiger partial charge in [0, 0.05) is 19.1 Å². The Kier molecular flexibility index (Phi) is 4.18. The van der Waals surface area contributed by atoms with E-state index in [1.165, 1.54) is 32.4 Å². The van der Waals surface area contributed by atoms with E-state index >= 15 is 0 Å². The molecule has 2 fully saturated rings. The van der Waals surface area contributed by atoms with Gasteiger partial charge in [-0.2, -0.15) is 0 Å². The Labute approximate surface area is 97.8 Å². The average Bonchev–Trinajstić information content (AvgIpc) is 2.77. The fourth-order valence-corrected chi connectivity index (χ4v) is 2.91. The van der Waals surface area contributed by atoms with E-state index in [1.807, 2.05) is 4.90 Å². The lowest BCUT2D eigenvalue weighted by molar-refractivity contribution is -0.130. The highest BCUT2D eigenvalue weighted by atomic mass is 16.2. The highest BCUT2D eigenvalue weighted by Gasteiger charge is 2.29. The van der Waals surface area contributed by atoms with Crippen molar-refractivity contribution < 1.29 is 4.79 Å². The lowest BCUT2D eigenvalue weighted by Crippen LogP contribution is -2.46. The van der Waals surface area contributed by atoms with Gasteiger partial charge in [-0.05, 0) is 38.8 Å². The van der Waals surface area contributed by atoms with Crippen molar-refractivity contribution in [2.75, 3.05) is 32.7 Å². The summed E-state index contributed by atoms with van der Waals surface area (Å²) in [4.78, 5) is 16.2. The molecule has 0 aliphatic carbocycles. The maximum Gasteiger partial charge on any atom is 0.236 e. The summed E-state index contributed by atoms with van der Waals surface area (Å²) in [5, 5.41) is 0. The van der Waals surface area contributed by atoms with Crippen LogP contribution in [0.4, 0.5) is 0 Å². The molecule has 92 valence electrons. The van der Waals surface area contributed by atoms with E-state index in [9.17, 15) is 4.79 Å². The van der Waals surface area contributed by atoms with Gasteiger partial charge in [-0.1, -0.05) is 6.42 Å². The topological polar surface area (TPSA) is 49.6 Å². The summed E-state index contributed by atoms with van der Waals surface area (Å²) in [6, 6.07) is 0.425. The molecular weight excluding hydrogens is 202 g/mol. The average molecular weight is 225 g/mol. The number of nitrogens with zero attached hydrogens (tertiary/aromatic N) is 2. The van der Waals surface area contributed by atoms with Crippen molar-refractivity contribution in [2.45, 2.75) is 38.1 Å². The molecule has 2 rings (SSSR count). The normalized spacial score (nSPS) is 27.3. The van der Waals surface area contributed by atoms with Gasteiger partial charge in [0.25, 0.3) is 0 Å². The molecule has 0 bridgehead atoms. The van der Waals surface area contributed by atoms with Crippen LogP contribution in [-0.2, 0) is 4.79 Å². The summed E-state index contributed by atoms with van der Waals surface area (Å²) >= 11 is 0. The molecule has 4 heteroatoms. The highest BCUT2D eigenvalue weighted by molar-refractivity contribution is 5.78. The zero-order valence-electron chi connectivity index (χ0n) is 10.0. The molecule has 2 aliphatic rings. The van der Waals surface area contributed by atoms with Gasteiger partial charge >= 0.3 is 0 Å². The van der Waals surface area contributed by atoms with Gasteiger partial charge in [-0.25, -0.2) is 0 Å². The maximum absolute atomic E-state index is 11.6.